The van der Waals surface area contributed by atoms with Crippen LogP contribution in [0.15, 0.2) is 40.0 Å². The van der Waals surface area contributed by atoms with Gasteiger partial charge in [-0.1, -0.05) is 15.9 Å². The van der Waals surface area contributed by atoms with Gasteiger partial charge in [0, 0.05) is 43.5 Å². The Morgan fingerprint density at radius 1 is 1.33 bits per heavy atom. The van der Waals surface area contributed by atoms with E-state index in [1.807, 2.05) is 30.8 Å². The number of halogens is 2. The second-order valence-corrected chi connectivity index (χ2v) is 8.50. The lowest BCUT2D eigenvalue weighted by molar-refractivity contribution is 0.258. The lowest BCUT2D eigenvalue weighted by Gasteiger charge is -2.34. The molecular weight excluding hydrogens is 416 g/mol. The number of nitrogens with one attached hydrogen (secondary N) is 1. The largest absolute Gasteiger partial charge is 0.337 e. The van der Waals surface area contributed by atoms with Crippen LogP contribution in [0.4, 0.5) is 0 Å². The summed E-state index contributed by atoms with van der Waals surface area (Å²) in [6.45, 7) is 3.49. The summed E-state index contributed by atoms with van der Waals surface area (Å²) in [7, 11) is -1.71. The van der Waals surface area contributed by atoms with Gasteiger partial charge in [-0.05, 0) is 30.7 Å². The molecule has 1 aliphatic heterocycles. The summed E-state index contributed by atoms with van der Waals surface area (Å²) in [5, 5.41) is 3.26. The average molecular weight is 436 g/mol. The van der Waals surface area contributed by atoms with Crippen LogP contribution in [0.2, 0.25) is 0 Å². The zero-order valence-corrected chi connectivity index (χ0v) is 16.7. The molecule has 0 saturated carbocycles. The number of aromatic nitrogens is 2. The van der Waals surface area contributed by atoms with E-state index in [-0.39, 0.29) is 18.4 Å². The van der Waals surface area contributed by atoms with Crippen molar-refractivity contribution in [3.63, 3.8) is 0 Å². The topological polar surface area (TPSA) is 67.2 Å². The summed E-state index contributed by atoms with van der Waals surface area (Å²) in [5.74, 6) is 0.743. The molecule has 0 aliphatic carbocycles. The van der Waals surface area contributed by atoms with Gasteiger partial charge >= 0.3 is 0 Å². The number of sulfonamides is 1. The van der Waals surface area contributed by atoms with Crippen molar-refractivity contribution < 1.29 is 8.42 Å². The highest BCUT2D eigenvalue weighted by atomic mass is 79.9. The van der Waals surface area contributed by atoms with Crippen molar-refractivity contribution in [1.82, 2.24) is 19.2 Å². The van der Waals surface area contributed by atoms with E-state index in [0.29, 0.717) is 24.5 Å². The summed E-state index contributed by atoms with van der Waals surface area (Å²) in [5.41, 5.74) is 0.904. The molecule has 1 atom stereocenters. The monoisotopic (exact) mass is 434 g/mol. The van der Waals surface area contributed by atoms with Gasteiger partial charge in [0.05, 0.1) is 10.9 Å². The van der Waals surface area contributed by atoms with Gasteiger partial charge in [0.2, 0.25) is 10.0 Å². The number of imidazole rings is 1. The maximum Gasteiger partial charge on any atom is 0.243 e. The molecule has 2 heterocycles. The van der Waals surface area contributed by atoms with Gasteiger partial charge in [-0.3, -0.25) is 0 Å². The van der Waals surface area contributed by atoms with Gasteiger partial charge in [0.1, 0.15) is 5.82 Å². The molecule has 24 heavy (non-hydrogen) atoms. The minimum Gasteiger partial charge on any atom is -0.337 e. The standard InChI is InChI=1S/C15H19BrN4O2S.ClH/c1-11-7-12(16)9-13(8-11)23(21,22)20-6-3-17-10-14(20)15-18-4-5-19(15)2;/h4-5,7-9,14,17H,3,6,10H2,1-2H3;1H. The second-order valence-electron chi connectivity index (χ2n) is 5.70. The Morgan fingerprint density at radius 2 is 2.08 bits per heavy atom. The highest BCUT2D eigenvalue weighted by molar-refractivity contribution is 9.10. The first kappa shape index (κ1) is 19.4. The van der Waals surface area contributed by atoms with Crippen LogP contribution in [0.25, 0.3) is 0 Å². The molecule has 0 spiro atoms. The maximum atomic E-state index is 13.1. The first-order valence-electron chi connectivity index (χ1n) is 7.36. The minimum atomic E-state index is -3.59. The Morgan fingerprint density at radius 3 is 2.71 bits per heavy atom. The fourth-order valence-corrected chi connectivity index (χ4v) is 5.36. The van der Waals surface area contributed by atoms with Gasteiger partial charge in [-0.2, -0.15) is 4.31 Å². The molecule has 1 aliphatic rings. The average Bonchev–Trinajstić information content (AvgIpc) is 2.92. The third-order valence-corrected chi connectivity index (χ3v) is 6.32. The molecule has 1 aromatic heterocycles. The molecule has 2 aromatic rings. The van der Waals surface area contributed by atoms with Crippen LogP contribution in [0.1, 0.15) is 17.4 Å². The molecule has 1 fully saturated rings. The maximum absolute atomic E-state index is 13.1. The van der Waals surface area contributed by atoms with Crippen molar-refractivity contribution in [1.29, 1.82) is 0 Å². The Hall–Kier alpha value is -0.930. The number of piperazine rings is 1. The zero-order chi connectivity index (χ0) is 16.6. The lowest BCUT2D eigenvalue weighted by atomic mass is 10.2. The predicted molar refractivity (Wildman–Crippen MR) is 98.8 cm³/mol. The van der Waals surface area contributed by atoms with Crippen LogP contribution < -0.4 is 5.32 Å². The van der Waals surface area contributed by atoms with Gasteiger partial charge in [-0.15, -0.1) is 12.4 Å². The number of hydrogen-bond donors (Lipinski definition) is 1. The second kappa shape index (κ2) is 7.53. The van der Waals surface area contributed by atoms with E-state index in [1.165, 1.54) is 0 Å². The van der Waals surface area contributed by atoms with E-state index in [2.05, 4.69) is 26.2 Å². The van der Waals surface area contributed by atoms with Gasteiger partial charge in [0.25, 0.3) is 0 Å². The fraction of sp³-hybridized carbons (Fsp3) is 0.400. The first-order chi connectivity index (χ1) is 10.9. The minimum absolute atomic E-state index is 0. The van der Waals surface area contributed by atoms with Crippen molar-refractivity contribution >= 4 is 38.4 Å². The van der Waals surface area contributed by atoms with Crippen LogP contribution in [0.5, 0.6) is 0 Å². The number of aryl methyl sites for hydroxylation is 2. The van der Waals surface area contributed by atoms with Crippen LogP contribution in [0, 0.1) is 6.92 Å². The molecule has 132 valence electrons. The molecule has 6 nitrogen and oxygen atoms in total. The molecule has 1 aromatic carbocycles. The molecule has 0 amide bonds. The predicted octanol–water partition coefficient (Wildman–Crippen LogP) is 2.25. The molecule has 0 radical (unpaired) electrons. The SMILES string of the molecule is Cc1cc(Br)cc(S(=O)(=O)N2CCNCC2c2nccn2C)c1.Cl. The smallest absolute Gasteiger partial charge is 0.243 e. The van der Waals surface area contributed by atoms with E-state index in [9.17, 15) is 8.42 Å². The molecule has 1 saturated heterocycles. The van der Waals surface area contributed by atoms with Crippen LogP contribution in [-0.2, 0) is 17.1 Å². The van der Waals surface area contributed by atoms with Crippen molar-refractivity contribution in [2.45, 2.75) is 17.9 Å². The lowest BCUT2D eigenvalue weighted by Crippen LogP contribution is -2.49. The molecule has 3 rings (SSSR count). The summed E-state index contributed by atoms with van der Waals surface area (Å²) in [4.78, 5) is 4.65. The van der Waals surface area contributed by atoms with E-state index >= 15 is 0 Å². The molecular formula is C15H20BrClN4O2S. The summed E-state index contributed by atoms with van der Waals surface area (Å²) < 4.78 is 30.5. The number of benzene rings is 1. The van der Waals surface area contributed by atoms with Gasteiger partial charge in [0.15, 0.2) is 0 Å². The molecule has 1 unspecified atom stereocenters. The Kier molecular flexibility index (Phi) is 6.09. The third-order valence-electron chi connectivity index (χ3n) is 3.97. The number of rotatable bonds is 3. The van der Waals surface area contributed by atoms with Gasteiger partial charge in [-0.25, -0.2) is 13.4 Å². The number of nitrogens with zero attached hydrogens (tertiary/aromatic N) is 3. The highest BCUT2D eigenvalue weighted by Crippen LogP contribution is 2.29. The Labute approximate surface area is 156 Å². The normalized spacial score (nSPS) is 19.0. The first-order valence-corrected chi connectivity index (χ1v) is 9.60. The van der Waals surface area contributed by atoms with E-state index in [4.69, 9.17) is 0 Å². The van der Waals surface area contributed by atoms with Crippen molar-refractivity contribution in [3.05, 3.63) is 46.5 Å². The van der Waals surface area contributed by atoms with Crippen molar-refractivity contribution in [2.75, 3.05) is 19.6 Å². The summed E-state index contributed by atoms with van der Waals surface area (Å²) >= 11 is 3.38. The third kappa shape index (κ3) is 3.67. The van der Waals surface area contributed by atoms with Crippen molar-refractivity contribution in [3.8, 4) is 0 Å². The molecule has 1 N–H and O–H groups in total. The molecule has 0 bridgehead atoms. The summed E-state index contributed by atoms with van der Waals surface area (Å²) in [6, 6.07) is 4.94. The zero-order valence-electron chi connectivity index (χ0n) is 13.4. The van der Waals surface area contributed by atoms with Crippen molar-refractivity contribution in [2.24, 2.45) is 7.05 Å². The fourth-order valence-electron chi connectivity index (χ4n) is 2.88. The summed E-state index contributed by atoms with van der Waals surface area (Å²) in [6.07, 6.45) is 3.52. The number of hydrogen-bond acceptors (Lipinski definition) is 4. The van der Waals surface area contributed by atoms with E-state index in [0.717, 1.165) is 15.9 Å². The van der Waals surface area contributed by atoms with E-state index in [1.54, 1.807) is 22.6 Å². The Balaban J connectivity index is 0.00000208. The van der Waals surface area contributed by atoms with Crippen LogP contribution in [0.3, 0.4) is 0 Å². The molecule has 9 heteroatoms. The highest BCUT2D eigenvalue weighted by Gasteiger charge is 2.36. The van der Waals surface area contributed by atoms with E-state index < -0.39 is 10.0 Å². The van der Waals surface area contributed by atoms with Crippen LogP contribution >= 0.6 is 28.3 Å². The quantitative estimate of drug-likeness (QED) is 0.803. The van der Waals surface area contributed by atoms with Gasteiger partial charge < -0.3 is 9.88 Å². The Bertz CT molecular complexity index is 804. The van der Waals surface area contributed by atoms with Crippen LogP contribution in [-0.4, -0.2) is 41.9 Å².